The van der Waals surface area contributed by atoms with Crippen molar-refractivity contribution in [3.05, 3.63) is 46.8 Å². The van der Waals surface area contributed by atoms with Gasteiger partial charge in [-0.25, -0.2) is 4.98 Å². The highest BCUT2D eigenvalue weighted by atomic mass is 16.7. The minimum Gasteiger partial charge on any atom is -0.454 e. The highest BCUT2D eigenvalue weighted by Gasteiger charge is 2.22. The molecule has 116 valence electrons. The van der Waals surface area contributed by atoms with Crippen LogP contribution >= 0.6 is 0 Å². The first-order valence-electron chi connectivity index (χ1n) is 7.06. The van der Waals surface area contributed by atoms with Crippen molar-refractivity contribution in [3.63, 3.8) is 0 Å². The number of fused-ring (bicyclic) bond motifs is 2. The molecule has 0 aliphatic carbocycles. The summed E-state index contributed by atoms with van der Waals surface area (Å²) in [4.78, 5) is 29.0. The largest absolute Gasteiger partial charge is 0.454 e. The quantitative estimate of drug-likeness (QED) is 0.702. The molecule has 4 rings (SSSR count). The number of ether oxygens (including phenoxy) is 2. The smallest absolute Gasteiger partial charge is 0.287 e. The van der Waals surface area contributed by atoms with Crippen LogP contribution in [-0.4, -0.2) is 32.0 Å². The second kappa shape index (κ2) is 4.94. The number of aromatic nitrogens is 4. The highest BCUT2D eigenvalue weighted by Crippen LogP contribution is 2.34. The van der Waals surface area contributed by atoms with Crippen molar-refractivity contribution in [3.8, 4) is 11.5 Å². The molecule has 0 atom stereocenters. The molecule has 8 heteroatoms. The Labute approximate surface area is 129 Å². The molecule has 3 aromatic rings. The Morgan fingerprint density at radius 2 is 2.09 bits per heavy atom. The summed E-state index contributed by atoms with van der Waals surface area (Å²) in [7, 11) is 0. The highest BCUT2D eigenvalue weighted by molar-refractivity contribution is 5.97. The molecule has 0 radical (unpaired) electrons. The molecule has 0 bridgehead atoms. The van der Waals surface area contributed by atoms with Crippen LogP contribution in [0.5, 0.6) is 11.5 Å². The number of carbonyl (C=O) groups is 1. The number of benzene rings is 1. The second-order valence-corrected chi connectivity index (χ2v) is 4.99. The zero-order valence-corrected chi connectivity index (χ0v) is 12.2. The summed E-state index contributed by atoms with van der Waals surface area (Å²) in [6.45, 7) is 2.49. The van der Waals surface area contributed by atoms with E-state index in [0.717, 1.165) is 0 Å². The molecule has 2 aromatic heterocycles. The van der Waals surface area contributed by atoms with Gasteiger partial charge in [0.1, 0.15) is 6.33 Å². The van der Waals surface area contributed by atoms with E-state index in [1.807, 2.05) is 6.92 Å². The normalized spacial score (nSPS) is 12.7. The van der Waals surface area contributed by atoms with Crippen molar-refractivity contribution < 1.29 is 14.3 Å². The van der Waals surface area contributed by atoms with Crippen LogP contribution < -0.4 is 14.9 Å². The predicted octanol–water partition coefficient (Wildman–Crippen LogP) is 1.03. The summed E-state index contributed by atoms with van der Waals surface area (Å²) in [6, 6.07) is 3.31. The van der Waals surface area contributed by atoms with E-state index >= 15 is 0 Å². The van der Waals surface area contributed by atoms with Crippen LogP contribution in [0.1, 0.15) is 17.4 Å². The first kappa shape index (κ1) is 13.5. The molecule has 23 heavy (non-hydrogen) atoms. The van der Waals surface area contributed by atoms with Gasteiger partial charge in [-0.1, -0.05) is 0 Å². The van der Waals surface area contributed by atoms with Crippen LogP contribution in [0.2, 0.25) is 0 Å². The molecular weight excluding hydrogens is 300 g/mol. The zero-order valence-electron chi connectivity index (χ0n) is 12.2. The molecule has 0 saturated heterocycles. The van der Waals surface area contributed by atoms with Crippen molar-refractivity contribution in [2.45, 2.75) is 13.5 Å². The van der Waals surface area contributed by atoms with Crippen molar-refractivity contribution in [1.29, 1.82) is 0 Å². The fraction of sp³-hybridized carbons (Fsp3) is 0.200. The van der Waals surface area contributed by atoms with E-state index in [1.54, 1.807) is 16.8 Å². The monoisotopic (exact) mass is 312 g/mol. The van der Waals surface area contributed by atoms with Crippen LogP contribution in [0.4, 0.5) is 0 Å². The maximum atomic E-state index is 12.7. The lowest BCUT2D eigenvalue weighted by molar-refractivity contribution is 0.0951. The first-order valence-corrected chi connectivity index (χ1v) is 7.06. The lowest BCUT2D eigenvalue weighted by atomic mass is 10.1. The Morgan fingerprint density at radius 3 is 2.78 bits per heavy atom. The Hall–Kier alpha value is -3.16. The summed E-state index contributed by atoms with van der Waals surface area (Å²) in [6.07, 6.45) is 4.28. The van der Waals surface area contributed by atoms with Gasteiger partial charge in [-0.05, 0) is 13.0 Å². The van der Waals surface area contributed by atoms with Crippen molar-refractivity contribution in [2.24, 2.45) is 0 Å². The van der Waals surface area contributed by atoms with Gasteiger partial charge in [-0.2, -0.15) is 5.10 Å². The molecule has 0 unspecified atom stereocenters. The molecule has 0 spiro atoms. The van der Waals surface area contributed by atoms with Crippen LogP contribution in [0, 0.1) is 0 Å². The molecule has 1 aliphatic rings. The minimum atomic E-state index is -0.519. The number of carbonyl (C=O) groups excluding carboxylic acids is 1. The molecule has 8 nitrogen and oxygen atoms in total. The Morgan fingerprint density at radius 1 is 1.30 bits per heavy atom. The van der Waals surface area contributed by atoms with Gasteiger partial charge in [0.05, 0.1) is 10.9 Å². The first-order chi connectivity index (χ1) is 11.2. The Bertz CT molecular complexity index is 975. The van der Waals surface area contributed by atoms with E-state index in [0.29, 0.717) is 28.9 Å². The van der Waals surface area contributed by atoms with Crippen LogP contribution in [0.3, 0.4) is 0 Å². The van der Waals surface area contributed by atoms with Crippen molar-refractivity contribution in [1.82, 2.24) is 19.3 Å². The van der Waals surface area contributed by atoms with E-state index in [4.69, 9.17) is 9.47 Å². The average Bonchev–Trinajstić information content (AvgIpc) is 3.24. The van der Waals surface area contributed by atoms with E-state index in [-0.39, 0.29) is 12.5 Å². The summed E-state index contributed by atoms with van der Waals surface area (Å²) < 4.78 is 13.5. The third-order valence-electron chi connectivity index (χ3n) is 3.69. The third-order valence-corrected chi connectivity index (χ3v) is 3.69. The number of nitrogens with zero attached hydrogens (tertiary/aromatic N) is 4. The molecule has 0 saturated carbocycles. The van der Waals surface area contributed by atoms with Crippen LogP contribution in [0.25, 0.3) is 10.9 Å². The maximum Gasteiger partial charge on any atom is 0.287 e. The van der Waals surface area contributed by atoms with E-state index in [1.165, 1.54) is 23.3 Å². The molecule has 0 N–H and O–H groups in total. The number of hydrogen-bond donors (Lipinski definition) is 0. The Kier molecular flexibility index (Phi) is 2.90. The summed E-state index contributed by atoms with van der Waals surface area (Å²) in [5.41, 5.74) is 0.00171. The second-order valence-electron chi connectivity index (χ2n) is 4.99. The van der Waals surface area contributed by atoms with Gasteiger partial charge < -0.3 is 9.47 Å². The van der Waals surface area contributed by atoms with Gasteiger partial charge in [-0.3, -0.25) is 18.8 Å². The topological polar surface area (TPSA) is 88.2 Å². The molecule has 0 fully saturated rings. The number of hydrogen-bond acceptors (Lipinski definition) is 6. The molecular formula is C15H12N4O4. The molecule has 1 aromatic carbocycles. The third kappa shape index (κ3) is 1.99. The van der Waals surface area contributed by atoms with E-state index in [9.17, 15) is 9.59 Å². The standard InChI is InChI=1S/C15H12N4O4/c1-2-19-10-6-12-11(22-8-23-12)5-9(10)14(20)13(17-19)15(21)18-4-3-16-7-18/h3-7H,2,8H2,1H3. The van der Waals surface area contributed by atoms with Gasteiger partial charge in [0.15, 0.2) is 17.2 Å². The summed E-state index contributed by atoms with van der Waals surface area (Å²) >= 11 is 0. The number of rotatable bonds is 2. The molecule has 0 amide bonds. The van der Waals surface area contributed by atoms with Gasteiger partial charge in [0, 0.05) is 25.0 Å². The Balaban J connectivity index is 2.00. The average molecular weight is 312 g/mol. The SMILES string of the molecule is CCn1nc(C(=O)n2ccnc2)c(=O)c2cc3c(cc21)OCO3. The fourth-order valence-corrected chi connectivity index (χ4v) is 2.56. The summed E-state index contributed by atoms with van der Waals surface area (Å²) in [5, 5.41) is 4.58. The summed E-state index contributed by atoms with van der Waals surface area (Å²) in [5.74, 6) is 0.535. The van der Waals surface area contributed by atoms with Gasteiger partial charge in [0.25, 0.3) is 5.91 Å². The fourth-order valence-electron chi connectivity index (χ4n) is 2.56. The van der Waals surface area contributed by atoms with Crippen LogP contribution in [0.15, 0.2) is 35.6 Å². The minimum absolute atomic E-state index is 0.111. The van der Waals surface area contributed by atoms with Gasteiger partial charge >= 0.3 is 0 Å². The predicted molar refractivity (Wildman–Crippen MR) is 79.8 cm³/mol. The van der Waals surface area contributed by atoms with Gasteiger partial charge in [-0.15, -0.1) is 0 Å². The van der Waals surface area contributed by atoms with Crippen LogP contribution in [-0.2, 0) is 6.54 Å². The zero-order chi connectivity index (χ0) is 16.0. The lowest BCUT2D eigenvalue weighted by Gasteiger charge is -2.10. The number of aryl methyl sites for hydroxylation is 1. The van der Waals surface area contributed by atoms with E-state index < -0.39 is 11.3 Å². The maximum absolute atomic E-state index is 12.7. The van der Waals surface area contributed by atoms with Crippen molar-refractivity contribution >= 4 is 16.8 Å². The van der Waals surface area contributed by atoms with E-state index in [2.05, 4.69) is 10.1 Å². The molecule has 3 heterocycles. The van der Waals surface area contributed by atoms with Crippen molar-refractivity contribution in [2.75, 3.05) is 6.79 Å². The molecule has 1 aliphatic heterocycles. The number of imidazole rings is 1. The van der Waals surface area contributed by atoms with Gasteiger partial charge in [0.2, 0.25) is 12.2 Å². The lowest BCUT2D eigenvalue weighted by Crippen LogP contribution is -2.26.